The number of imidazole rings is 1. The van der Waals surface area contributed by atoms with Crippen LogP contribution >= 0.6 is 0 Å². The van der Waals surface area contributed by atoms with Gasteiger partial charge < -0.3 is 10.3 Å². The first-order valence-electron chi connectivity index (χ1n) is 5.01. The molecule has 3 nitrogen and oxygen atoms in total. The van der Waals surface area contributed by atoms with Crippen LogP contribution in [-0.4, -0.2) is 16.5 Å². The van der Waals surface area contributed by atoms with Gasteiger partial charge in [0, 0.05) is 18.4 Å². The van der Waals surface area contributed by atoms with Crippen LogP contribution < -0.4 is 5.32 Å². The second-order valence-corrected chi connectivity index (χ2v) is 3.60. The van der Waals surface area contributed by atoms with Crippen molar-refractivity contribution in [3.8, 4) is 0 Å². The van der Waals surface area contributed by atoms with E-state index in [9.17, 15) is 0 Å². The highest BCUT2D eigenvalue weighted by Crippen LogP contribution is 2.02. The molecular weight excluding hydrogens is 162 g/mol. The largest absolute Gasteiger partial charge is 0.347 e. The van der Waals surface area contributed by atoms with Crippen molar-refractivity contribution in [2.75, 3.05) is 6.54 Å². The van der Waals surface area contributed by atoms with E-state index in [1.54, 1.807) is 6.33 Å². The maximum absolute atomic E-state index is 3.96. The minimum absolute atomic E-state index is 0.771. The molecule has 3 heteroatoms. The Bertz CT molecular complexity index is 206. The Morgan fingerprint density at radius 2 is 2.46 bits per heavy atom. The number of nitrogens with one attached hydrogen (secondary N) is 2. The predicted molar refractivity (Wildman–Crippen MR) is 54.4 cm³/mol. The lowest BCUT2D eigenvalue weighted by molar-refractivity contribution is 0.474. The molecule has 0 saturated carbocycles. The number of H-pyrrole nitrogens is 1. The van der Waals surface area contributed by atoms with Gasteiger partial charge in [-0.1, -0.05) is 20.3 Å². The van der Waals surface area contributed by atoms with E-state index in [4.69, 9.17) is 0 Å². The number of hydrogen-bond acceptors (Lipinski definition) is 2. The smallest absolute Gasteiger partial charge is 0.0922 e. The third-order valence-corrected chi connectivity index (χ3v) is 2.14. The summed E-state index contributed by atoms with van der Waals surface area (Å²) in [7, 11) is 0. The molecule has 0 fully saturated rings. The number of aromatic amines is 1. The molecule has 0 bridgehead atoms. The van der Waals surface area contributed by atoms with Crippen LogP contribution in [0.15, 0.2) is 12.5 Å². The molecule has 0 saturated heterocycles. The summed E-state index contributed by atoms with van der Waals surface area (Å²) in [5, 5.41) is 3.40. The van der Waals surface area contributed by atoms with E-state index in [1.807, 2.05) is 6.20 Å². The second-order valence-electron chi connectivity index (χ2n) is 3.60. The summed E-state index contributed by atoms with van der Waals surface area (Å²) in [4.78, 5) is 7.03. The van der Waals surface area contributed by atoms with Gasteiger partial charge in [-0.05, 0) is 18.9 Å². The Morgan fingerprint density at radius 3 is 3.08 bits per heavy atom. The van der Waals surface area contributed by atoms with E-state index in [0.717, 1.165) is 24.7 Å². The highest BCUT2D eigenvalue weighted by atomic mass is 14.9. The zero-order chi connectivity index (χ0) is 9.52. The Kier molecular flexibility index (Phi) is 4.54. The summed E-state index contributed by atoms with van der Waals surface area (Å²) >= 11 is 0. The van der Waals surface area contributed by atoms with Crippen LogP contribution in [0.3, 0.4) is 0 Å². The van der Waals surface area contributed by atoms with E-state index in [-0.39, 0.29) is 0 Å². The monoisotopic (exact) mass is 181 g/mol. The van der Waals surface area contributed by atoms with E-state index in [2.05, 4.69) is 29.1 Å². The Balaban J connectivity index is 2.07. The summed E-state index contributed by atoms with van der Waals surface area (Å²) in [5.74, 6) is 0.771. The maximum Gasteiger partial charge on any atom is 0.0922 e. The predicted octanol–water partition coefficient (Wildman–Crippen LogP) is 1.94. The van der Waals surface area contributed by atoms with Gasteiger partial charge in [0.25, 0.3) is 0 Å². The molecule has 0 aliphatic carbocycles. The molecular formula is C10H19N3. The first kappa shape index (κ1) is 10.3. The first-order valence-corrected chi connectivity index (χ1v) is 5.01. The molecule has 1 unspecified atom stereocenters. The fourth-order valence-corrected chi connectivity index (χ4v) is 1.43. The number of nitrogens with zero attached hydrogens (tertiary/aromatic N) is 1. The summed E-state index contributed by atoms with van der Waals surface area (Å²) in [6, 6.07) is 0. The Labute approximate surface area is 80.0 Å². The van der Waals surface area contributed by atoms with Gasteiger partial charge in [0.15, 0.2) is 0 Å². The molecule has 0 radical (unpaired) electrons. The average Bonchev–Trinajstić information content (AvgIpc) is 2.57. The van der Waals surface area contributed by atoms with Gasteiger partial charge in [-0.2, -0.15) is 0 Å². The molecule has 13 heavy (non-hydrogen) atoms. The molecule has 0 aromatic carbocycles. The molecule has 1 heterocycles. The molecule has 2 N–H and O–H groups in total. The molecule has 1 rings (SSSR count). The van der Waals surface area contributed by atoms with E-state index in [0.29, 0.717) is 0 Å². The quantitative estimate of drug-likeness (QED) is 0.704. The molecule has 0 aliphatic rings. The number of hydrogen-bond donors (Lipinski definition) is 2. The summed E-state index contributed by atoms with van der Waals surface area (Å²) in [6.45, 7) is 6.50. The standard InChI is InChI=1S/C10H19N3/c1-3-4-9(2)5-11-6-10-7-12-8-13-10/h7-9,11H,3-6H2,1-2H3,(H,12,13). The minimum atomic E-state index is 0.771. The highest BCUT2D eigenvalue weighted by Gasteiger charge is 1.99. The van der Waals surface area contributed by atoms with Crippen LogP contribution in [0, 0.1) is 5.92 Å². The fraction of sp³-hybridized carbons (Fsp3) is 0.700. The van der Waals surface area contributed by atoms with Crippen molar-refractivity contribution in [3.05, 3.63) is 18.2 Å². The normalized spacial score (nSPS) is 13.1. The Morgan fingerprint density at radius 1 is 1.62 bits per heavy atom. The average molecular weight is 181 g/mol. The van der Waals surface area contributed by atoms with Gasteiger partial charge in [0.2, 0.25) is 0 Å². The molecule has 1 aromatic heterocycles. The van der Waals surface area contributed by atoms with Crippen LogP contribution in [-0.2, 0) is 6.54 Å². The lowest BCUT2D eigenvalue weighted by Crippen LogP contribution is -2.20. The molecule has 74 valence electrons. The van der Waals surface area contributed by atoms with Crippen LogP contribution in [0.2, 0.25) is 0 Å². The maximum atomic E-state index is 3.96. The fourth-order valence-electron chi connectivity index (χ4n) is 1.43. The lowest BCUT2D eigenvalue weighted by atomic mass is 10.1. The summed E-state index contributed by atoms with van der Waals surface area (Å²) in [5.41, 5.74) is 1.16. The lowest BCUT2D eigenvalue weighted by Gasteiger charge is -2.10. The van der Waals surface area contributed by atoms with Crippen LogP contribution in [0.5, 0.6) is 0 Å². The van der Waals surface area contributed by atoms with Crippen molar-refractivity contribution < 1.29 is 0 Å². The van der Waals surface area contributed by atoms with Crippen molar-refractivity contribution in [2.24, 2.45) is 5.92 Å². The minimum Gasteiger partial charge on any atom is -0.347 e. The van der Waals surface area contributed by atoms with Crippen LogP contribution in [0.4, 0.5) is 0 Å². The van der Waals surface area contributed by atoms with Gasteiger partial charge in [0.05, 0.1) is 6.33 Å². The molecule has 0 aliphatic heterocycles. The van der Waals surface area contributed by atoms with E-state index >= 15 is 0 Å². The SMILES string of the molecule is CCCC(C)CNCc1cnc[nH]1. The molecule has 1 aromatic rings. The van der Waals surface area contributed by atoms with Crippen LogP contribution in [0.25, 0.3) is 0 Å². The van der Waals surface area contributed by atoms with Gasteiger partial charge in [0.1, 0.15) is 0 Å². The van der Waals surface area contributed by atoms with E-state index in [1.165, 1.54) is 12.8 Å². The zero-order valence-electron chi connectivity index (χ0n) is 8.51. The summed E-state index contributed by atoms with van der Waals surface area (Å²) in [6.07, 6.45) is 6.15. The molecule has 0 amide bonds. The highest BCUT2D eigenvalue weighted by molar-refractivity contribution is 4.92. The van der Waals surface area contributed by atoms with Gasteiger partial charge in [-0.3, -0.25) is 0 Å². The van der Waals surface area contributed by atoms with Crippen molar-refractivity contribution in [3.63, 3.8) is 0 Å². The third kappa shape index (κ3) is 4.08. The summed E-state index contributed by atoms with van der Waals surface area (Å²) < 4.78 is 0. The van der Waals surface area contributed by atoms with Crippen molar-refractivity contribution in [1.29, 1.82) is 0 Å². The van der Waals surface area contributed by atoms with Crippen molar-refractivity contribution in [1.82, 2.24) is 15.3 Å². The Hall–Kier alpha value is -0.830. The van der Waals surface area contributed by atoms with Crippen LogP contribution in [0.1, 0.15) is 32.4 Å². The van der Waals surface area contributed by atoms with Crippen molar-refractivity contribution in [2.45, 2.75) is 33.2 Å². The first-order chi connectivity index (χ1) is 6.33. The third-order valence-electron chi connectivity index (χ3n) is 2.14. The van der Waals surface area contributed by atoms with Gasteiger partial charge in [-0.25, -0.2) is 4.98 Å². The van der Waals surface area contributed by atoms with Gasteiger partial charge in [-0.15, -0.1) is 0 Å². The second kappa shape index (κ2) is 5.75. The molecule has 0 spiro atoms. The number of rotatable bonds is 6. The van der Waals surface area contributed by atoms with E-state index < -0.39 is 0 Å². The van der Waals surface area contributed by atoms with Gasteiger partial charge >= 0.3 is 0 Å². The van der Waals surface area contributed by atoms with Crippen molar-refractivity contribution >= 4 is 0 Å². The topological polar surface area (TPSA) is 40.7 Å². The zero-order valence-corrected chi connectivity index (χ0v) is 8.51. The number of aromatic nitrogens is 2. The molecule has 1 atom stereocenters.